The van der Waals surface area contributed by atoms with Crippen LogP contribution in [-0.4, -0.2) is 6.29 Å². The second-order valence-electron chi connectivity index (χ2n) is 12.2. The quantitative estimate of drug-likeness (QED) is 0.138. The van der Waals surface area contributed by atoms with E-state index in [4.69, 9.17) is 4.74 Å². The molecule has 3 atom stereocenters. The predicted molar refractivity (Wildman–Crippen MR) is 181 cm³/mol. The van der Waals surface area contributed by atoms with Crippen LogP contribution in [0.1, 0.15) is 90.8 Å². The van der Waals surface area contributed by atoms with Crippen molar-refractivity contribution in [3.63, 3.8) is 0 Å². The first-order chi connectivity index (χ1) is 21.2. The monoisotopic (exact) mass is 632 g/mol. The molecule has 3 aromatic rings. The number of aldehydes is 1. The Hall–Kier alpha value is -3.43. The van der Waals surface area contributed by atoms with Gasteiger partial charge in [-0.2, -0.15) is 0 Å². The van der Waals surface area contributed by atoms with Crippen LogP contribution in [0.3, 0.4) is 0 Å². The highest BCUT2D eigenvalue weighted by Crippen LogP contribution is 2.60. The molecule has 2 nitrogen and oxygen atoms in total. The number of carbonyl (C=O) groups excluding carboxylic acids is 1. The van der Waals surface area contributed by atoms with E-state index in [0.717, 1.165) is 30.6 Å². The van der Waals surface area contributed by atoms with E-state index in [9.17, 15) is 4.79 Å². The maximum Gasteiger partial charge on any atom is 0.150 e. The number of hydrogen-bond donors (Lipinski definition) is 0. The number of allylic oxidation sites excluding steroid dienone is 8. The Bertz CT molecular complexity index is 1530. The van der Waals surface area contributed by atoms with E-state index in [1.54, 1.807) is 23.3 Å². The van der Waals surface area contributed by atoms with Crippen molar-refractivity contribution >= 4 is 22.2 Å². The molecule has 0 heterocycles. The number of aryl methyl sites for hydroxylation is 1. The molecule has 0 radical (unpaired) electrons. The lowest BCUT2D eigenvalue weighted by Crippen LogP contribution is -2.35. The number of carbonyl (C=O) groups is 1. The summed E-state index contributed by atoms with van der Waals surface area (Å²) in [4.78, 5) is 10.8. The smallest absolute Gasteiger partial charge is 0.150 e. The Labute approximate surface area is 265 Å². The highest BCUT2D eigenvalue weighted by atomic mass is 79.9. The molecule has 0 spiro atoms. The summed E-state index contributed by atoms with van der Waals surface area (Å²) < 4.78 is 7.15. The van der Waals surface area contributed by atoms with Crippen molar-refractivity contribution in [3.8, 4) is 11.5 Å². The topological polar surface area (TPSA) is 26.3 Å². The average Bonchev–Trinajstić information content (AvgIpc) is 3.33. The third-order valence-corrected chi connectivity index (χ3v) is 10.1. The van der Waals surface area contributed by atoms with Gasteiger partial charge in [0.15, 0.2) is 0 Å². The standard InChI is InChI=1S/C40H41BrO2/c41-33-21-26-37-36-15-9-10-16-38(36)40(39(37)28-33,32-13-7-5-8-14-32)27-11-4-2-1-3-6-12-30-17-22-34(23-18-30)43-35-24-19-31(29-42)20-25-35/h5,7,9-10,13,15-26,28-29,37,39H,1-4,6,8,11-12,14,27H2. The lowest BCUT2D eigenvalue weighted by molar-refractivity contribution is 0.112. The number of halogens is 1. The molecule has 3 unspecified atom stereocenters. The molecule has 3 aromatic carbocycles. The fourth-order valence-corrected chi connectivity index (χ4v) is 7.94. The van der Waals surface area contributed by atoms with Gasteiger partial charge in [-0.15, -0.1) is 0 Å². The van der Waals surface area contributed by atoms with Crippen LogP contribution < -0.4 is 4.74 Å². The summed E-state index contributed by atoms with van der Waals surface area (Å²) in [6, 6.07) is 24.9. The van der Waals surface area contributed by atoms with Crippen LogP contribution in [0.5, 0.6) is 11.5 Å². The summed E-state index contributed by atoms with van der Waals surface area (Å²) in [5.41, 5.74) is 6.85. The lowest BCUT2D eigenvalue weighted by atomic mass is 9.62. The summed E-state index contributed by atoms with van der Waals surface area (Å²) in [7, 11) is 0. The average molecular weight is 634 g/mol. The van der Waals surface area contributed by atoms with Crippen molar-refractivity contribution in [3.05, 3.63) is 142 Å². The van der Waals surface area contributed by atoms with E-state index in [-0.39, 0.29) is 5.41 Å². The zero-order valence-electron chi connectivity index (χ0n) is 24.9. The third kappa shape index (κ3) is 6.58. The van der Waals surface area contributed by atoms with Crippen LogP contribution in [0, 0.1) is 5.92 Å². The molecule has 0 bridgehead atoms. The zero-order valence-corrected chi connectivity index (χ0v) is 26.5. The van der Waals surface area contributed by atoms with E-state index in [2.05, 4.69) is 88.8 Å². The molecule has 0 saturated heterocycles. The van der Waals surface area contributed by atoms with Crippen molar-refractivity contribution in [2.45, 2.75) is 75.5 Å². The van der Waals surface area contributed by atoms with Crippen molar-refractivity contribution in [1.82, 2.24) is 0 Å². The van der Waals surface area contributed by atoms with E-state index in [1.807, 2.05) is 24.3 Å². The number of fused-ring (bicyclic) bond motifs is 3. The summed E-state index contributed by atoms with van der Waals surface area (Å²) in [6.07, 6.45) is 27.4. The molecule has 43 heavy (non-hydrogen) atoms. The Morgan fingerprint density at radius 3 is 2.33 bits per heavy atom. The Kier molecular flexibility index (Phi) is 9.58. The first-order valence-corrected chi connectivity index (χ1v) is 16.8. The molecular formula is C40H41BrO2. The van der Waals surface area contributed by atoms with E-state index in [0.29, 0.717) is 17.4 Å². The van der Waals surface area contributed by atoms with E-state index in [1.165, 1.54) is 67.0 Å². The minimum Gasteiger partial charge on any atom is -0.457 e. The molecule has 0 amide bonds. The largest absolute Gasteiger partial charge is 0.457 e. The zero-order chi connectivity index (χ0) is 29.5. The van der Waals surface area contributed by atoms with Crippen molar-refractivity contribution in [2.75, 3.05) is 0 Å². The normalized spacial score (nSPS) is 22.0. The number of unbranched alkanes of at least 4 members (excludes halogenated alkanes) is 5. The van der Waals surface area contributed by atoms with Gasteiger partial charge in [0.25, 0.3) is 0 Å². The van der Waals surface area contributed by atoms with Gasteiger partial charge >= 0.3 is 0 Å². The summed E-state index contributed by atoms with van der Waals surface area (Å²) in [5.74, 6) is 2.53. The van der Waals surface area contributed by atoms with Gasteiger partial charge in [-0.1, -0.05) is 126 Å². The number of rotatable bonds is 13. The number of ether oxygens (including phenoxy) is 1. The van der Waals surface area contributed by atoms with Crippen LogP contribution in [-0.2, 0) is 11.8 Å². The lowest BCUT2D eigenvalue weighted by Gasteiger charge is -2.41. The van der Waals surface area contributed by atoms with Gasteiger partial charge in [0.1, 0.15) is 17.8 Å². The van der Waals surface area contributed by atoms with Gasteiger partial charge in [-0.3, -0.25) is 4.79 Å². The number of hydrogen-bond acceptors (Lipinski definition) is 2. The van der Waals surface area contributed by atoms with Gasteiger partial charge in [-0.25, -0.2) is 0 Å². The molecule has 220 valence electrons. The summed E-state index contributed by atoms with van der Waals surface area (Å²) >= 11 is 3.83. The molecule has 6 rings (SSSR count). The molecule has 3 aliphatic carbocycles. The Morgan fingerprint density at radius 1 is 0.860 bits per heavy atom. The highest BCUT2D eigenvalue weighted by Gasteiger charge is 2.52. The van der Waals surface area contributed by atoms with Gasteiger partial charge in [-0.05, 0) is 85.2 Å². The first kappa shape index (κ1) is 29.6. The first-order valence-electron chi connectivity index (χ1n) is 16.0. The molecule has 3 aliphatic rings. The SMILES string of the molecule is O=Cc1ccc(Oc2ccc(CCCCCCCCC3(C4=CC=CCC4)c4ccccc4C4C=CC(Br)=CC43)cc2)cc1. The number of benzene rings is 3. The van der Waals surface area contributed by atoms with Crippen LogP contribution in [0.4, 0.5) is 0 Å². The molecule has 0 saturated carbocycles. The van der Waals surface area contributed by atoms with Gasteiger partial charge in [0, 0.05) is 27.3 Å². The van der Waals surface area contributed by atoms with Gasteiger partial charge in [0.2, 0.25) is 0 Å². The van der Waals surface area contributed by atoms with Crippen molar-refractivity contribution < 1.29 is 9.53 Å². The van der Waals surface area contributed by atoms with Crippen LogP contribution in [0.2, 0.25) is 0 Å². The van der Waals surface area contributed by atoms with Crippen molar-refractivity contribution in [1.29, 1.82) is 0 Å². The Balaban J connectivity index is 0.991. The van der Waals surface area contributed by atoms with Gasteiger partial charge < -0.3 is 4.74 Å². The molecule has 0 aromatic heterocycles. The fraction of sp³-hybridized carbons (Fsp3) is 0.325. The predicted octanol–water partition coefficient (Wildman–Crippen LogP) is 11.3. The third-order valence-electron chi connectivity index (χ3n) is 9.61. The molecule has 3 heteroatoms. The van der Waals surface area contributed by atoms with Crippen LogP contribution >= 0.6 is 15.9 Å². The van der Waals surface area contributed by atoms with Crippen molar-refractivity contribution in [2.24, 2.45) is 5.92 Å². The van der Waals surface area contributed by atoms with Crippen LogP contribution in [0.25, 0.3) is 0 Å². The second-order valence-corrected chi connectivity index (χ2v) is 13.1. The molecular weight excluding hydrogens is 592 g/mol. The maximum absolute atomic E-state index is 10.8. The fourth-order valence-electron chi connectivity index (χ4n) is 7.50. The highest BCUT2D eigenvalue weighted by molar-refractivity contribution is 9.11. The van der Waals surface area contributed by atoms with Gasteiger partial charge in [0.05, 0.1) is 0 Å². The minimum absolute atomic E-state index is 0.102. The summed E-state index contributed by atoms with van der Waals surface area (Å²) in [6.45, 7) is 0. The maximum atomic E-state index is 10.8. The second kappa shape index (κ2) is 13.9. The summed E-state index contributed by atoms with van der Waals surface area (Å²) in [5, 5.41) is 0. The van der Waals surface area contributed by atoms with E-state index < -0.39 is 0 Å². The molecule has 0 N–H and O–H groups in total. The Morgan fingerprint density at radius 2 is 1.58 bits per heavy atom. The van der Waals surface area contributed by atoms with E-state index >= 15 is 0 Å². The molecule has 0 aliphatic heterocycles. The minimum atomic E-state index is 0.102. The van der Waals surface area contributed by atoms with Crippen LogP contribution in [0.15, 0.2) is 119 Å². The molecule has 0 fully saturated rings.